The molecule has 0 saturated heterocycles. The van der Waals surface area contributed by atoms with Crippen LogP contribution in [0.5, 0.6) is 5.75 Å². The maximum absolute atomic E-state index is 12.4. The Kier molecular flexibility index (Phi) is 3.28. The van der Waals surface area contributed by atoms with Crippen molar-refractivity contribution >= 4 is 23.0 Å². The highest BCUT2D eigenvalue weighted by Crippen LogP contribution is 2.25. The summed E-state index contributed by atoms with van der Waals surface area (Å²) in [6.07, 6.45) is 0. The van der Waals surface area contributed by atoms with E-state index < -0.39 is 0 Å². The predicted octanol–water partition coefficient (Wildman–Crippen LogP) is 2.41. The lowest BCUT2D eigenvalue weighted by Crippen LogP contribution is -2.24. The number of rotatable bonds is 2. The number of ketones is 1. The fourth-order valence-corrected chi connectivity index (χ4v) is 3.02. The average Bonchev–Trinajstić information content (AvgIpc) is 2.79. The van der Waals surface area contributed by atoms with E-state index in [1.165, 1.54) is 11.3 Å². The molecule has 1 N–H and O–H groups in total. The molecule has 0 fully saturated rings. The van der Waals surface area contributed by atoms with Crippen LogP contribution in [0.25, 0.3) is 0 Å². The number of amides is 1. The quantitative estimate of drug-likeness (QED) is 0.863. The summed E-state index contributed by atoms with van der Waals surface area (Å²) < 4.78 is 5.48. The van der Waals surface area contributed by atoms with Gasteiger partial charge in [-0.2, -0.15) is 0 Å². The van der Waals surface area contributed by atoms with Crippen molar-refractivity contribution in [2.45, 2.75) is 6.92 Å². The number of fused-ring (bicyclic) bond motifs is 1. The smallest absolute Gasteiger partial charge is 0.255 e. The van der Waals surface area contributed by atoms with Crippen LogP contribution in [0.2, 0.25) is 0 Å². The molecule has 0 saturated carbocycles. The summed E-state index contributed by atoms with van der Waals surface area (Å²) in [6, 6.07) is 6.92. The first kappa shape index (κ1) is 12.9. The predicted molar refractivity (Wildman–Crippen MR) is 76.8 cm³/mol. The van der Waals surface area contributed by atoms with Gasteiger partial charge in [0, 0.05) is 5.56 Å². The number of aryl methyl sites for hydroxylation is 1. The van der Waals surface area contributed by atoms with Gasteiger partial charge >= 0.3 is 0 Å². The van der Waals surface area contributed by atoms with Gasteiger partial charge in [-0.1, -0.05) is 0 Å². The highest BCUT2D eigenvalue weighted by molar-refractivity contribution is 7.12. The number of thiophene rings is 1. The fourth-order valence-electron chi connectivity index (χ4n) is 2.13. The third-order valence-corrected chi connectivity index (χ3v) is 4.22. The molecular formula is C15H13NO3S. The van der Waals surface area contributed by atoms with Gasteiger partial charge in [-0.05, 0) is 42.1 Å². The van der Waals surface area contributed by atoms with Crippen molar-refractivity contribution in [1.29, 1.82) is 0 Å². The molecule has 2 aromatic rings. The highest BCUT2D eigenvalue weighted by Gasteiger charge is 2.20. The molecule has 5 heteroatoms. The standard InChI is InChI=1S/C15H13NO3S/c1-9-4-7-20-14(9)13(17)10-2-3-12-11(8-10)15(18)16-5-6-19-12/h2-4,7-8H,5-6H2,1H3,(H,16,18). The van der Waals surface area contributed by atoms with Gasteiger partial charge in [-0.3, -0.25) is 9.59 Å². The first-order valence-electron chi connectivity index (χ1n) is 6.30. The molecule has 0 radical (unpaired) electrons. The van der Waals surface area contributed by atoms with E-state index >= 15 is 0 Å². The summed E-state index contributed by atoms with van der Waals surface area (Å²) in [7, 11) is 0. The molecule has 0 spiro atoms. The van der Waals surface area contributed by atoms with Crippen molar-refractivity contribution in [3.05, 3.63) is 51.2 Å². The summed E-state index contributed by atoms with van der Waals surface area (Å²) in [6.45, 7) is 2.82. The third-order valence-electron chi connectivity index (χ3n) is 3.20. The molecule has 0 aliphatic carbocycles. The Morgan fingerprint density at radius 2 is 2.20 bits per heavy atom. The van der Waals surface area contributed by atoms with Crippen molar-refractivity contribution in [2.75, 3.05) is 13.2 Å². The van der Waals surface area contributed by atoms with Crippen molar-refractivity contribution < 1.29 is 14.3 Å². The second-order valence-corrected chi connectivity index (χ2v) is 5.49. The summed E-state index contributed by atoms with van der Waals surface area (Å²) in [5, 5.41) is 4.63. The largest absolute Gasteiger partial charge is 0.491 e. The van der Waals surface area contributed by atoms with Gasteiger partial charge in [0.05, 0.1) is 17.0 Å². The summed E-state index contributed by atoms with van der Waals surface area (Å²) in [5.74, 6) is 0.270. The monoisotopic (exact) mass is 287 g/mol. The molecule has 0 bridgehead atoms. The number of hydrogen-bond acceptors (Lipinski definition) is 4. The second-order valence-electron chi connectivity index (χ2n) is 4.58. The summed E-state index contributed by atoms with van der Waals surface area (Å²) in [5.41, 5.74) is 1.88. The minimum absolute atomic E-state index is 0.0580. The first-order valence-corrected chi connectivity index (χ1v) is 7.18. The topological polar surface area (TPSA) is 55.4 Å². The van der Waals surface area contributed by atoms with Crippen molar-refractivity contribution in [2.24, 2.45) is 0 Å². The third kappa shape index (κ3) is 2.20. The van der Waals surface area contributed by atoms with E-state index in [2.05, 4.69) is 5.32 Å². The number of carbonyl (C=O) groups excluding carboxylic acids is 2. The van der Waals surface area contributed by atoms with E-state index in [1.54, 1.807) is 18.2 Å². The molecular weight excluding hydrogens is 274 g/mol. The molecule has 0 atom stereocenters. The van der Waals surface area contributed by atoms with Gasteiger partial charge in [0.1, 0.15) is 12.4 Å². The molecule has 20 heavy (non-hydrogen) atoms. The SMILES string of the molecule is Cc1ccsc1C(=O)c1ccc2c(c1)C(=O)NCCO2. The van der Waals surface area contributed by atoms with Gasteiger partial charge in [-0.15, -0.1) is 11.3 Å². The van der Waals surface area contributed by atoms with Crippen LogP contribution in [0.3, 0.4) is 0 Å². The van der Waals surface area contributed by atoms with Crippen molar-refractivity contribution in [3.63, 3.8) is 0 Å². The Bertz CT molecular complexity index is 690. The van der Waals surface area contributed by atoms with E-state index in [-0.39, 0.29) is 11.7 Å². The Morgan fingerprint density at radius 3 is 2.95 bits per heavy atom. The molecule has 1 amide bonds. The lowest BCUT2D eigenvalue weighted by Gasteiger charge is -2.07. The normalized spacial score (nSPS) is 13.9. The Morgan fingerprint density at radius 1 is 1.35 bits per heavy atom. The van der Waals surface area contributed by atoms with Gasteiger partial charge in [-0.25, -0.2) is 0 Å². The molecule has 1 aliphatic heterocycles. The van der Waals surface area contributed by atoms with Gasteiger partial charge in [0.15, 0.2) is 0 Å². The Hall–Kier alpha value is -2.14. The molecule has 1 aromatic heterocycles. The molecule has 4 nitrogen and oxygen atoms in total. The number of carbonyl (C=O) groups is 2. The van der Waals surface area contributed by atoms with E-state index in [0.29, 0.717) is 34.9 Å². The molecule has 1 aromatic carbocycles. The minimum Gasteiger partial charge on any atom is -0.491 e. The number of ether oxygens (including phenoxy) is 1. The highest BCUT2D eigenvalue weighted by atomic mass is 32.1. The maximum Gasteiger partial charge on any atom is 0.255 e. The van der Waals surface area contributed by atoms with Crippen LogP contribution in [-0.2, 0) is 0 Å². The van der Waals surface area contributed by atoms with Gasteiger partial charge < -0.3 is 10.1 Å². The lowest BCUT2D eigenvalue weighted by atomic mass is 10.0. The van der Waals surface area contributed by atoms with E-state index in [9.17, 15) is 9.59 Å². The molecule has 0 unspecified atom stereocenters. The zero-order chi connectivity index (χ0) is 14.1. The van der Waals surface area contributed by atoms with Crippen LogP contribution >= 0.6 is 11.3 Å². The Labute approximate surface area is 120 Å². The maximum atomic E-state index is 12.4. The van der Waals surface area contributed by atoms with E-state index in [1.807, 2.05) is 18.4 Å². The first-order chi connectivity index (χ1) is 9.66. The van der Waals surface area contributed by atoms with E-state index in [4.69, 9.17) is 4.74 Å². The average molecular weight is 287 g/mol. The van der Waals surface area contributed by atoms with Gasteiger partial charge in [0.25, 0.3) is 5.91 Å². The summed E-state index contributed by atoms with van der Waals surface area (Å²) in [4.78, 5) is 25.1. The van der Waals surface area contributed by atoms with E-state index in [0.717, 1.165) is 5.56 Å². The van der Waals surface area contributed by atoms with Gasteiger partial charge in [0.2, 0.25) is 5.78 Å². The molecule has 3 rings (SSSR count). The van der Waals surface area contributed by atoms with Crippen molar-refractivity contribution in [3.8, 4) is 5.75 Å². The van der Waals surface area contributed by atoms with Crippen LogP contribution in [0.4, 0.5) is 0 Å². The molecule has 1 aliphatic rings. The fraction of sp³-hybridized carbons (Fsp3) is 0.200. The zero-order valence-corrected chi connectivity index (χ0v) is 11.8. The second kappa shape index (κ2) is 5.09. The Balaban J connectivity index is 2.02. The number of hydrogen-bond donors (Lipinski definition) is 1. The number of benzene rings is 1. The molecule has 2 heterocycles. The van der Waals surface area contributed by atoms with Crippen LogP contribution in [0, 0.1) is 6.92 Å². The summed E-state index contributed by atoms with van der Waals surface area (Å²) >= 11 is 1.41. The van der Waals surface area contributed by atoms with Crippen LogP contribution in [-0.4, -0.2) is 24.8 Å². The van der Waals surface area contributed by atoms with Crippen LogP contribution in [0.1, 0.15) is 31.2 Å². The number of nitrogens with one attached hydrogen (secondary N) is 1. The molecule has 102 valence electrons. The van der Waals surface area contributed by atoms with Crippen LogP contribution < -0.4 is 10.1 Å². The minimum atomic E-state index is -0.199. The van der Waals surface area contributed by atoms with Crippen molar-refractivity contribution in [1.82, 2.24) is 5.32 Å². The van der Waals surface area contributed by atoms with Crippen LogP contribution in [0.15, 0.2) is 29.6 Å². The lowest BCUT2D eigenvalue weighted by molar-refractivity contribution is 0.0957. The zero-order valence-electron chi connectivity index (χ0n) is 10.9.